The highest BCUT2D eigenvalue weighted by Crippen LogP contribution is 2.66. The fourth-order valence-corrected chi connectivity index (χ4v) is 6.07. The molecule has 12 nitrogen and oxygen atoms in total. The number of H-pyrrole nitrogens is 1. The van der Waals surface area contributed by atoms with Crippen LogP contribution in [0, 0.1) is 0 Å². The number of fused-ring (bicyclic) bond motifs is 1. The van der Waals surface area contributed by atoms with E-state index in [1.54, 1.807) is 25.1 Å². The number of nitrogens with one attached hydrogen (secondary N) is 2. The first-order chi connectivity index (χ1) is 16.4. The number of hydrogen-bond acceptors (Lipinski definition) is 9. The molecule has 35 heavy (non-hydrogen) atoms. The van der Waals surface area contributed by atoms with Crippen molar-refractivity contribution in [3.8, 4) is 5.75 Å². The molecule has 4 rings (SSSR count). The number of aliphatic hydroxyl groups is 1. The topological polar surface area (TPSA) is 158 Å². The standard InChI is InChI=1S/C21H25ClN3O9P/c1-4-31-17(27)12(2)24-35(30,33-13-8-6-5-7-9-13)34-16-15-21(16,29)20(3,22)18(32-15)25-11-10-14(26)23-19(25)28/h5-12,15-16,18,29H,4H2,1-3H3,(H,24,30)(H,23,26,28)/t12-,15+,16?,18+,20-,21-,35?/m0/s1. The predicted molar refractivity (Wildman–Crippen MR) is 123 cm³/mol. The summed E-state index contributed by atoms with van der Waals surface area (Å²) >= 11 is 6.66. The molecule has 2 aromatic rings. The molecule has 190 valence electrons. The number of aromatic amines is 1. The van der Waals surface area contributed by atoms with E-state index in [0.717, 1.165) is 10.6 Å². The Morgan fingerprint density at radius 1 is 1.34 bits per heavy atom. The van der Waals surface area contributed by atoms with E-state index in [4.69, 9.17) is 30.1 Å². The number of aromatic nitrogens is 2. The third-order valence-corrected chi connectivity index (χ3v) is 8.02. The fourth-order valence-electron chi connectivity index (χ4n) is 3.99. The summed E-state index contributed by atoms with van der Waals surface area (Å²) in [6, 6.07) is 8.15. The van der Waals surface area contributed by atoms with Crippen LogP contribution in [0.15, 0.2) is 52.2 Å². The predicted octanol–water partition coefficient (Wildman–Crippen LogP) is 1.29. The van der Waals surface area contributed by atoms with Gasteiger partial charge in [-0.1, -0.05) is 18.2 Å². The largest absolute Gasteiger partial charge is 0.465 e. The first kappa shape index (κ1) is 25.6. The van der Waals surface area contributed by atoms with Gasteiger partial charge in [-0.25, -0.2) is 9.36 Å². The Kier molecular flexibility index (Phi) is 6.73. The van der Waals surface area contributed by atoms with Gasteiger partial charge >= 0.3 is 19.4 Å². The van der Waals surface area contributed by atoms with Crippen LogP contribution < -0.4 is 20.9 Å². The summed E-state index contributed by atoms with van der Waals surface area (Å²) < 4.78 is 36.8. The molecule has 0 amide bonds. The number of carbonyl (C=O) groups excluding carboxylic acids is 1. The number of hydrogen-bond donors (Lipinski definition) is 3. The Hall–Kier alpha value is -2.47. The van der Waals surface area contributed by atoms with Crippen LogP contribution in [0.25, 0.3) is 0 Å². The lowest BCUT2D eigenvalue weighted by Gasteiger charge is -2.33. The van der Waals surface area contributed by atoms with Crippen LogP contribution in [0.5, 0.6) is 5.75 Å². The molecule has 1 aliphatic carbocycles. The Balaban J connectivity index is 1.58. The highest BCUT2D eigenvalue weighted by Gasteiger charge is 2.84. The highest BCUT2D eigenvalue weighted by molar-refractivity contribution is 7.52. The van der Waals surface area contributed by atoms with Crippen LogP contribution in [-0.2, 0) is 23.4 Å². The van der Waals surface area contributed by atoms with Gasteiger partial charge in [0.05, 0.1) is 6.61 Å². The molecular formula is C21H25ClN3O9P. The Bertz CT molecular complexity index is 1270. The van der Waals surface area contributed by atoms with E-state index in [0.29, 0.717) is 0 Å². The van der Waals surface area contributed by atoms with Gasteiger partial charge in [0.2, 0.25) is 0 Å². The second kappa shape index (κ2) is 9.20. The first-order valence-corrected chi connectivity index (χ1v) is 12.7. The minimum absolute atomic E-state index is 0.115. The van der Waals surface area contributed by atoms with Crippen LogP contribution in [-0.4, -0.2) is 56.0 Å². The molecule has 1 saturated heterocycles. The molecule has 0 radical (unpaired) electrons. The number of nitrogens with zero attached hydrogens (tertiary/aromatic N) is 1. The zero-order valence-electron chi connectivity index (χ0n) is 19.0. The van der Waals surface area contributed by atoms with Crippen molar-refractivity contribution in [1.82, 2.24) is 14.6 Å². The van der Waals surface area contributed by atoms with E-state index < -0.39 is 59.9 Å². The number of ether oxygens (including phenoxy) is 2. The van der Waals surface area contributed by atoms with Crippen LogP contribution in [0.1, 0.15) is 27.0 Å². The normalized spacial score (nSPS) is 31.7. The molecule has 1 aliphatic heterocycles. The molecule has 3 N–H and O–H groups in total. The average molecular weight is 530 g/mol. The summed E-state index contributed by atoms with van der Waals surface area (Å²) in [5, 5.41) is 13.8. The number of esters is 1. The van der Waals surface area contributed by atoms with E-state index in [1.165, 1.54) is 32.2 Å². The Morgan fingerprint density at radius 2 is 2.03 bits per heavy atom. The zero-order chi connectivity index (χ0) is 25.6. The van der Waals surface area contributed by atoms with Gasteiger partial charge in [0, 0.05) is 12.3 Å². The number of rotatable bonds is 9. The van der Waals surface area contributed by atoms with Crippen molar-refractivity contribution in [2.45, 2.75) is 55.7 Å². The quantitative estimate of drug-likeness (QED) is 0.245. The fraction of sp³-hybridized carbons (Fsp3) is 0.476. The molecule has 2 aliphatic rings. The molecular weight excluding hydrogens is 505 g/mol. The van der Waals surface area contributed by atoms with Crippen molar-refractivity contribution in [1.29, 1.82) is 0 Å². The molecule has 7 atom stereocenters. The summed E-state index contributed by atoms with van der Waals surface area (Å²) in [5.74, 6) is -0.497. The van der Waals surface area contributed by atoms with Gasteiger partial charge in [0.15, 0.2) is 6.23 Å². The highest BCUT2D eigenvalue weighted by atomic mass is 35.5. The average Bonchev–Trinajstić information content (AvgIpc) is 3.27. The molecule has 2 heterocycles. The van der Waals surface area contributed by atoms with Gasteiger partial charge in [-0.15, -0.1) is 11.6 Å². The van der Waals surface area contributed by atoms with Crippen molar-refractivity contribution in [2.75, 3.05) is 6.61 Å². The maximum absolute atomic E-state index is 13.7. The van der Waals surface area contributed by atoms with Crippen molar-refractivity contribution in [2.24, 2.45) is 0 Å². The third kappa shape index (κ3) is 4.57. The minimum atomic E-state index is -4.29. The summed E-state index contributed by atoms with van der Waals surface area (Å²) in [5.41, 5.74) is -3.26. The van der Waals surface area contributed by atoms with E-state index >= 15 is 0 Å². The lowest BCUT2D eigenvalue weighted by atomic mass is 10.0. The number of para-hydroxylation sites is 1. The minimum Gasteiger partial charge on any atom is -0.465 e. The summed E-state index contributed by atoms with van der Waals surface area (Å²) in [4.78, 5) is 36.2. The lowest BCUT2D eigenvalue weighted by molar-refractivity contribution is -0.144. The van der Waals surface area contributed by atoms with Crippen LogP contribution in [0.2, 0.25) is 0 Å². The second-order valence-electron chi connectivity index (χ2n) is 8.36. The molecule has 2 unspecified atom stereocenters. The van der Waals surface area contributed by atoms with E-state index in [9.17, 15) is 24.1 Å². The SMILES string of the molecule is CCOC(=O)[C@H](C)NP(=O)(Oc1ccccc1)OC1[C@H]2O[C@@H](n3ccc(=O)[nH]c3=O)[C@](C)(Cl)[C@@]12O. The molecule has 14 heteroatoms. The number of carbonyl (C=O) groups is 1. The van der Waals surface area contributed by atoms with Crippen molar-refractivity contribution >= 4 is 25.3 Å². The van der Waals surface area contributed by atoms with Gasteiger partial charge in [-0.05, 0) is 32.9 Å². The number of halogens is 1. The van der Waals surface area contributed by atoms with E-state index in [-0.39, 0.29) is 12.4 Å². The van der Waals surface area contributed by atoms with E-state index in [1.807, 2.05) is 0 Å². The van der Waals surface area contributed by atoms with Crippen LogP contribution in [0.4, 0.5) is 0 Å². The van der Waals surface area contributed by atoms with E-state index in [2.05, 4.69) is 10.1 Å². The van der Waals surface area contributed by atoms with Crippen LogP contribution in [0.3, 0.4) is 0 Å². The van der Waals surface area contributed by atoms with Gasteiger partial charge in [-0.3, -0.25) is 23.7 Å². The number of benzene rings is 1. The lowest BCUT2D eigenvalue weighted by Crippen LogP contribution is -2.47. The summed E-state index contributed by atoms with van der Waals surface area (Å²) in [6.07, 6.45) is -2.27. The molecule has 2 fully saturated rings. The van der Waals surface area contributed by atoms with Gasteiger partial charge in [0.1, 0.15) is 34.5 Å². The Labute approximate surface area is 204 Å². The Morgan fingerprint density at radius 3 is 2.60 bits per heavy atom. The summed E-state index contributed by atoms with van der Waals surface area (Å²) in [6.45, 7) is 4.60. The van der Waals surface area contributed by atoms with Crippen LogP contribution >= 0.6 is 19.3 Å². The smallest absolute Gasteiger partial charge is 0.459 e. The zero-order valence-corrected chi connectivity index (χ0v) is 20.7. The van der Waals surface area contributed by atoms with Gasteiger partial charge < -0.3 is 19.1 Å². The summed E-state index contributed by atoms with van der Waals surface area (Å²) in [7, 11) is -4.29. The maximum atomic E-state index is 13.7. The van der Waals surface area contributed by atoms with Crippen molar-refractivity contribution in [3.05, 3.63) is 63.4 Å². The molecule has 1 saturated carbocycles. The van der Waals surface area contributed by atoms with Gasteiger partial charge in [-0.2, -0.15) is 5.09 Å². The monoisotopic (exact) mass is 529 g/mol. The first-order valence-electron chi connectivity index (χ1n) is 10.8. The molecule has 1 aromatic carbocycles. The molecule has 0 spiro atoms. The molecule has 0 bridgehead atoms. The van der Waals surface area contributed by atoms with Gasteiger partial charge in [0.25, 0.3) is 5.56 Å². The van der Waals surface area contributed by atoms with Crippen molar-refractivity contribution in [3.63, 3.8) is 0 Å². The maximum Gasteiger partial charge on any atom is 0.459 e. The van der Waals surface area contributed by atoms with Crippen molar-refractivity contribution < 1.29 is 33.0 Å². The second-order valence-corrected chi connectivity index (χ2v) is 10.8. The third-order valence-electron chi connectivity index (χ3n) is 5.87. The number of alkyl halides is 1. The molecule has 1 aromatic heterocycles.